The minimum Gasteiger partial charge on any atom is -0.0622 e. The van der Waals surface area contributed by atoms with Crippen LogP contribution in [0.5, 0.6) is 0 Å². The van der Waals surface area contributed by atoms with Gasteiger partial charge in [0.15, 0.2) is 0 Å². The van der Waals surface area contributed by atoms with Gasteiger partial charge in [-0.25, -0.2) is 0 Å². The molecule has 0 radical (unpaired) electrons. The highest BCUT2D eigenvalue weighted by Crippen LogP contribution is 2.95. The molecule has 4 rings (SSSR count). The first-order valence-corrected chi connectivity index (χ1v) is 16.6. The van der Waals surface area contributed by atoms with E-state index in [1.54, 1.807) is 0 Å². The molecule has 0 fully saturated rings. The van der Waals surface area contributed by atoms with E-state index in [9.17, 15) is 0 Å². The van der Waals surface area contributed by atoms with Crippen LogP contribution in [0.2, 0.25) is 0 Å². The quantitative estimate of drug-likeness (QED) is 0.312. The van der Waals surface area contributed by atoms with Crippen LogP contribution in [0.1, 0.15) is 0 Å². The van der Waals surface area contributed by atoms with E-state index in [1.807, 2.05) is 0 Å². The van der Waals surface area contributed by atoms with E-state index in [2.05, 4.69) is 135 Å². The second-order valence-corrected chi connectivity index (χ2v) is 20.8. The summed E-state index contributed by atoms with van der Waals surface area (Å²) in [6.45, 7) is 3.28. The molecule has 3 heteroatoms. The second kappa shape index (κ2) is 9.32. The smallest absolute Gasteiger partial charge is 0.0622 e. The zero-order valence-corrected chi connectivity index (χ0v) is 19.6. The first-order chi connectivity index (χ1) is 14.2. The molecule has 0 nitrogen and oxygen atoms in total. The summed E-state index contributed by atoms with van der Waals surface area (Å²) >= 11 is 0. The van der Waals surface area contributed by atoms with Gasteiger partial charge in [0.2, 0.25) is 0 Å². The highest BCUT2D eigenvalue weighted by Gasteiger charge is 2.55. The molecule has 0 N–H and O–H groups in total. The van der Waals surface area contributed by atoms with Crippen molar-refractivity contribution in [3.63, 3.8) is 0 Å². The maximum absolute atomic E-state index is 2.49. The van der Waals surface area contributed by atoms with E-state index in [0.717, 1.165) is 0 Å². The topological polar surface area (TPSA) is 0 Å². The van der Waals surface area contributed by atoms with Crippen LogP contribution in [0.25, 0.3) is 0 Å². The molecule has 0 aliphatic heterocycles. The van der Waals surface area contributed by atoms with Gasteiger partial charge in [0, 0.05) is 10.6 Å². The number of benzene rings is 4. The van der Waals surface area contributed by atoms with Crippen molar-refractivity contribution in [2.45, 2.75) is 0 Å². The molecule has 0 atom stereocenters. The van der Waals surface area contributed by atoms with Crippen LogP contribution in [0, 0.1) is 0 Å². The van der Waals surface area contributed by atoms with Crippen molar-refractivity contribution in [2.24, 2.45) is 0 Å². The molecule has 144 valence electrons. The first kappa shape index (κ1) is 20.4. The SMILES string of the molecule is CP(C)[P+](c1ccccc1)(c1ccccc1)P(c1ccccc1)c1ccccc1. The summed E-state index contributed by atoms with van der Waals surface area (Å²) in [5.41, 5.74) is 0. The van der Waals surface area contributed by atoms with Crippen molar-refractivity contribution in [1.82, 2.24) is 0 Å². The van der Waals surface area contributed by atoms with Crippen LogP contribution in [0.4, 0.5) is 0 Å². The predicted octanol–water partition coefficient (Wildman–Crippen LogP) is 6.36. The summed E-state index contributed by atoms with van der Waals surface area (Å²) in [6, 6.07) is 45.1. The van der Waals surface area contributed by atoms with Gasteiger partial charge >= 0.3 is 0 Å². The Balaban J connectivity index is 2.10. The fraction of sp³-hybridized carbons (Fsp3) is 0.0769. The first-order valence-electron chi connectivity index (χ1n) is 9.83. The number of hydrogen-bond donors (Lipinski definition) is 0. The summed E-state index contributed by atoms with van der Waals surface area (Å²) in [4.78, 5) is 0. The molecule has 0 aliphatic carbocycles. The summed E-state index contributed by atoms with van der Waals surface area (Å²) in [5, 5.41) is 6.01. The van der Waals surface area contributed by atoms with Gasteiger partial charge < -0.3 is 0 Å². The van der Waals surface area contributed by atoms with E-state index in [0.29, 0.717) is 0 Å². The van der Waals surface area contributed by atoms with Gasteiger partial charge in [0.1, 0.15) is 24.9 Å². The molecule has 0 bridgehead atoms. The Bertz CT molecular complexity index is 938. The van der Waals surface area contributed by atoms with Crippen LogP contribution in [-0.2, 0) is 0 Å². The molecule has 29 heavy (non-hydrogen) atoms. The Morgan fingerprint density at radius 2 is 0.759 bits per heavy atom. The molecule has 0 aromatic heterocycles. The lowest BCUT2D eigenvalue weighted by Crippen LogP contribution is -2.26. The average Bonchev–Trinajstić information content (AvgIpc) is 2.79. The minimum absolute atomic E-state index is 0.247. The number of hydrogen-bond acceptors (Lipinski definition) is 0. The van der Waals surface area contributed by atoms with Gasteiger partial charge in [-0.2, -0.15) is 0 Å². The van der Waals surface area contributed by atoms with Crippen molar-refractivity contribution in [3.8, 4) is 0 Å². The zero-order chi connectivity index (χ0) is 20.1. The third-order valence-electron chi connectivity index (χ3n) is 5.10. The fourth-order valence-corrected chi connectivity index (χ4v) is 23.7. The minimum atomic E-state index is -1.70. The Hall–Kier alpha value is -1.83. The van der Waals surface area contributed by atoms with Crippen molar-refractivity contribution in [1.29, 1.82) is 0 Å². The van der Waals surface area contributed by atoms with Crippen molar-refractivity contribution in [2.75, 3.05) is 13.3 Å². The molecule has 0 spiro atoms. The molecule has 0 aliphatic rings. The molecule has 0 heterocycles. The van der Waals surface area contributed by atoms with Gasteiger partial charge in [-0.3, -0.25) is 0 Å². The predicted molar refractivity (Wildman–Crippen MR) is 137 cm³/mol. The largest absolute Gasteiger partial charge is 0.131 e. The van der Waals surface area contributed by atoms with Crippen molar-refractivity contribution in [3.05, 3.63) is 121 Å². The Morgan fingerprint density at radius 1 is 0.448 bits per heavy atom. The van der Waals surface area contributed by atoms with E-state index >= 15 is 0 Å². The third-order valence-corrected chi connectivity index (χ3v) is 24.6. The zero-order valence-electron chi connectivity index (χ0n) is 16.9. The standard InChI is InChI=1S/C26H26P3/c1-27(2)29(25-19-11-5-12-20-25,26-21-13-6-14-22-26)28(23-15-7-3-8-16-23)24-17-9-4-10-18-24/h3-22H,1-2H3/q+1. The second-order valence-electron chi connectivity index (χ2n) is 7.10. The van der Waals surface area contributed by atoms with E-state index in [4.69, 9.17) is 0 Å². The van der Waals surface area contributed by atoms with E-state index in [-0.39, 0.29) is 7.61 Å². The van der Waals surface area contributed by atoms with Gasteiger partial charge in [0.25, 0.3) is 0 Å². The lowest BCUT2D eigenvalue weighted by molar-refractivity contribution is 1.75. The monoisotopic (exact) mass is 431 g/mol. The Labute approximate surface area is 177 Å². The lowest BCUT2D eigenvalue weighted by atomic mass is 10.4. The summed E-state index contributed by atoms with van der Waals surface area (Å²) in [6.07, 6.45) is 0. The molecular formula is C26H26P3+. The number of rotatable bonds is 6. The fourth-order valence-electron chi connectivity index (χ4n) is 3.91. The van der Waals surface area contributed by atoms with Gasteiger partial charge in [-0.05, 0) is 37.6 Å². The van der Waals surface area contributed by atoms with Crippen molar-refractivity contribution < 1.29 is 0 Å². The Kier molecular flexibility index (Phi) is 6.57. The molecule has 0 unspecified atom stereocenters. The molecular weight excluding hydrogens is 405 g/mol. The van der Waals surface area contributed by atoms with Gasteiger partial charge in [-0.1, -0.05) is 97.1 Å². The van der Waals surface area contributed by atoms with Crippen molar-refractivity contribution >= 4 is 43.1 Å². The molecule has 0 amide bonds. The molecule has 4 aromatic carbocycles. The molecule has 0 saturated heterocycles. The highest BCUT2D eigenvalue weighted by molar-refractivity contribution is 8.76. The van der Waals surface area contributed by atoms with Gasteiger partial charge in [-0.15, -0.1) is 0 Å². The Morgan fingerprint density at radius 3 is 1.07 bits per heavy atom. The third kappa shape index (κ3) is 3.96. The van der Waals surface area contributed by atoms with E-state index < -0.39 is 14.2 Å². The summed E-state index contributed by atoms with van der Waals surface area (Å²) < 4.78 is 0. The lowest BCUT2D eigenvalue weighted by Gasteiger charge is -2.37. The average molecular weight is 431 g/mol. The normalized spacial score (nSPS) is 11.7. The summed E-state index contributed by atoms with van der Waals surface area (Å²) in [7, 11) is -0.798. The van der Waals surface area contributed by atoms with Crippen LogP contribution in [0.15, 0.2) is 121 Å². The maximum atomic E-state index is 2.49. The molecule has 4 aromatic rings. The summed E-state index contributed by atoms with van der Waals surface area (Å²) in [5.74, 6) is 0. The van der Waals surface area contributed by atoms with Gasteiger partial charge in [0.05, 0.1) is 7.61 Å². The molecule has 0 saturated carbocycles. The van der Waals surface area contributed by atoms with Crippen LogP contribution in [0.3, 0.4) is 0 Å². The van der Waals surface area contributed by atoms with Crippen LogP contribution >= 0.6 is 21.9 Å². The van der Waals surface area contributed by atoms with Crippen LogP contribution < -0.4 is 21.2 Å². The highest BCUT2D eigenvalue weighted by atomic mass is 32.5. The maximum Gasteiger partial charge on any atom is 0.131 e. The van der Waals surface area contributed by atoms with Crippen LogP contribution in [-0.4, -0.2) is 13.3 Å². The van der Waals surface area contributed by atoms with E-state index in [1.165, 1.54) is 21.2 Å².